The molecule has 0 spiro atoms. The predicted octanol–water partition coefficient (Wildman–Crippen LogP) is 3.76. The molecular weight excluding hydrogens is 330 g/mol. The Labute approximate surface area is 134 Å². The molecule has 0 saturated carbocycles. The third-order valence-electron chi connectivity index (χ3n) is 3.35. The van der Waals surface area contributed by atoms with Gasteiger partial charge in [-0.3, -0.25) is 4.68 Å². The van der Waals surface area contributed by atoms with Gasteiger partial charge >= 0.3 is 0 Å². The fourth-order valence-electron chi connectivity index (χ4n) is 2.41. The molecule has 1 unspecified atom stereocenters. The topological polar surface area (TPSA) is 39.1 Å². The molecule has 0 amide bonds. The number of methoxy groups -OCH3 is 1. The van der Waals surface area contributed by atoms with E-state index in [1.807, 2.05) is 23.0 Å². The van der Waals surface area contributed by atoms with Crippen molar-refractivity contribution in [3.63, 3.8) is 0 Å². The average molecular weight is 352 g/mol. The molecule has 4 nitrogen and oxygen atoms in total. The Kier molecular flexibility index (Phi) is 5.82. The maximum Gasteiger partial charge on any atom is 0.125 e. The lowest BCUT2D eigenvalue weighted by atomic mass is 10.0. The highest BCUT2D eigenvalue weighted by Gasteiger charge is 2.19. The monoisotopic (exact) mass is 351 g/mol. The summed E-state index contributed by atoms with van der Waals surface area (Å²) in [6.45, 7) is 6.08. The summed E-state index contributed by atoms with van der Waals surface area (Å²) in [4.78, 5) is 0. The maximum atomic E-state index is 5.53. The van der Waals surface area contributed by atoms with Gasteiger partial charge in [0.15, 0.2) is 0 Å². The van der Waals surface area contributed by atoms with Crippen LogP contribution in [0.2, 0.25) is 0 Å². The second-order valence-electron chi connectivity index (χ2n) is 4.91. The molecule has 1 N–H and O–H groups in total. The first-order valence-corrected chi connectivity index (χ1v) is 8.08. The molecule has 2 rings (SSSR count). The molecule has 5 heteroatoms. The maximum absolute atomic E-state index is 5.53. The molecule has 21 heavy (non-hydrogen) atoms. The van der Waals surface area contributed by atoms with Gasteiger partial charge in [0.25, 0.3) is 0 Å². The minimum Gasteiger partial charge on any atom is -0.496 e. The van der Waals surface area contributed by atoms with Crippen molar-refractivity contribution in [3.05, 3.63) is 46.2 Å². The number of ether oxygens (including phenoxy) is 1. The van der Waals surface area contributed by atoms with Crippen molar-refractivity contribution in [2.24, 2.45) is 0 Å². The summed E-state index contributed by atoms with van der Waals surface area (Å²) >= 11 is 3.49. The van der Waals surface area contributed by atoms with Gasteiger partial charge in [0, 0.05) is 28.3 Å². The first-order valence-electron chi connectivity index (χ1n) is 7.28. The predicted molar refractivity (Wildman–Crippen MR) is 88.7 cm³/mol. The van der Waals surface area contributed by atoms with E-state index in [1.54, 1.807) is 7.11 Å². The molecule has 0 aliphatic rings. The van der Waals surface area contributed by atoms with E-state index in [9.17, 15) is 0 Å². The van der Waals surface area contributed by atoms with Crippen LogP contribution in [0.5, 0.6) is 5.75 Å². The van der Waals surface area contributed by atoms with Gasteiger partial charge in [0.05, 0.1) is 19.3 Å². The van der Waals surface area contributed by atoms with Gasteiger partial charge in [0.1, 0.15) is 5.75 Å². The largest absolute Gasteiger partial charge is 0.496 e. The normalized spacial score (nSPS) is 12.4. The Morgan fingerprint density at radius 3 is 2.86 bits per heavy atom. The number of hydrogen-bond acceptors (Lipinski definition) is 3. The summed E-state index contributed by atoms with van der Waals surface area (Å²) in [5, 5.41) is 7.95. The van der Waals surface area contributed by atoms with Gasteiger partial charge in [0.2, 0.25) is 0 Å². The molecule has 2 aromatic rings. The van der Waals surface area contributed by atoms with E-state index in [0.29, 0.717) is 0 Å². The van der Waals surface area contributed by atoms with E-state index in [4.69, 9.17) is 4.74 Å². The van der Waals surface area contributed by atoms with Crippen LogP contribution in [0.4, 0.5) is 0 Å². The summed E-state index contributed by atoms with van der Waals surface area (Å²) < 4.78 is 8.54. The average Bonchev–Trinajstić information content (AvgIpc) is 2.94. The smallest absolute Gasteiger partial charge is 0.125 e. The lowest BCUT2D eigenvalue weighted by Crippen LogP contribution is -2.22. The van der Waals surface area contributed by atoms with E-state index < -0.39 is 0 Å². The van der Waals surface area contributed by atoms with Gasteiger partial charge in [-0.1, -0.05) is 35.8 Å². The molecule has 1 atom stereocenters. The molecule has 0 aliphatic heterocycles. The Morgan fingerprint density at radius 2 is 2.19 bits per heavy atom. The number of rotatable bonds is 7. The SMILES string of the molecule is CCCn1cc(C(NCC)c2ccc(Br)cc2OC)cn1. The molecule has 1 heterocycles. The van der Waals surface area contributed by atoms with E-state index >= 15 is 0 Å². The number of nitrogens with zero attached hydrogens (tertiary/aromatic N) is 2. The van der Waals surface area contributed by atoms with Gasteiger partial charge < -0.3 is 10.1 Å². The van der Waals surface area contributed by atoms with Gasteiger partial charge in [-0.25, -0.2) is 0 Å². The summed E-state index contributed by atoms with van der Waals surface area (Å²) in [6, 6.07) is 6.21. The van der Waals surface area contributed by atoms with Crippen LogP contribution in [0.1, 0.15) is 37.4 Å². The van der Waals surface area contributed by atoms with Gasteiger partial charge in [-0.2, -0.15) is 5.10 Å². The molecule has 1 aromatic heterocycles. The van der Waals surface area contributed by atoms with Crippen molar-refractivity contribution in [1.82, 2.24) is 15.1 Å². The van der Waals surface area contributed by atoms with Crippen LogP contribution in [-0.2, 0) is 6.54 Å². The summed E-state index contributed by atoms with van der Waals surface area (Å²) in [5.74, 6) is 0.874. The Bertz CT molecular complexity index is 583. The van der Waals surface area contributed by atoms with Crippen LogP contribution in [0, 0.1) is 0 Å². The summed E-state index contributed by atoms with van der Waals surface area (Å²) in [5.41, 5.74) is 2.28. The Balaban J connectivity index is 2.37. The minimum atomic E-state index is 0.0867. The lowest BCUT2D eigenvalue weighted by molar-refractivity contribution is 0.404. The van der Waals surface area contributed by atoms with Crippen LogP contribution in [0.25, 0.3) is 0 Å². The van der Waals surface area contributed by atoms with Crippen molar-refractivity contribution in [2.45, 2.75) is 32.9 Å². The summed E-state index contributed by atoms with van der Waals surface area (Å²) in [7, 11) is 1.70. The fraction of sp³-hybridized carbons (Fsp3) is 0.438. The highest BCUT2D eigenvalue weighted by atomic mass is 79.9. The molecule has 0 bridgehead atoms. The van der Waals surface area contributed by atoms with Gasteiger partial charge in [-0.15, -0.1) is 0 Å². The van der Waals surface area contributed by atoms with Crippen LogP contribution in [0.3, 0.4) is 0 Å². The zero-order valence-corrected chi connectivity index (χ0v) is 14.4. The van der Waals surface area contributed by atoms with E-state index in [1.165, 1.54) is 0 Å². The van der Waals surface area contributed by atoms with Crippen molar-refractivity contribution in [1.29, 1.82) is 0 Å². The Hall–Kier alpha value is -1.33. The van der Waals surface area contributed by atoms with Crippen molar-refractivity contribution < 1.29 is 4.74 Å². The number of halogens is 1. The lowest BCUT2D eigenvalue weighted by Gasteiger charge is -2.20. The Morgan fingerprint density at radius 1 is 1.38 bits per heavy atom. The highest BCUT2D eigenvalue weighted by molar-refractivity contribution is 9.10. The number of nitrogens with one attached hydrogen (secondary N) is 1. The summed E-state index contributed by atoms with van der Waals surface area (Å²) in [6.07, 6.45) is 5.12. The van der Waals surface area contributed by atoms with E-state index in [2.05, 4.69) is 52.5 Å². The van der Waals surface area contributed by atoms with Crippen molar-refractivity contribution in [2.75, 3.05) is 13.7 Å². The number of aromatic nitrogens is 2. The van der Waals surface area contributed by atoms with Crippen LogP contribution >= 0.6 is 15.9 Å². The van der Waals surface area contributed by atoms with Crippen molar-refractivity contribution >= 4 is 15.9 Å². The zero-order chi connectivity index (χ0) is 15.2. The molecule has 1 aromatic carbocycles. The molecule has 0 fully saturated rings. The zero-order valence-electron chi connectivity index (χ0n) is 12.8. The molecular formula is C16H22BrN3O. The second-order valence-corrected chi connectivity index (χ2v) is 5.83. The third kappa shape index (κ3) is 3.86. The van der Waals surface area contributed by atoms with Crippen molar-refractivity contribution in [3.8, 4) is 5.75 Å². The standard InChI is InChI=1S/C16H22BrN3O/c1-4-8-20-11-12(10-19-20)16(18-5-2)14-7-6-13(17)9-15(14)21-3/h6-7,9-11,16,18H,4-5,8H2,1-3H3. The quantitative estimate of drug-likeness (QED) is 0.825. The fourth-order valence-corrected chi connectivity index (χ4v) is 2.76. The van der Waals surface area contributed by atoms with Crippen LogP contribution < -0.4 is 10.1 Å². The molecule has 0 radical (unpaired) electrons. The highest BCUT2D eigenvalue weighted by Crippen LogP contribution is 2.32. The molecule has 0 saturated heterocycles. The van der Waals surface area contributed by atoms with E-state index in [0.717, 1.165) is 40.9 Å². The van der Waals surface area contributed by atoms with Gasteiger partial charge in [-0.05, 0) is 25.1 Å². The number of aryl methyl sites for hydroxylation is 1. The minimum absolute atomic E-state index is 0.0867. The van der Waals surface area contributed by atoms with Crippen LogP contribution in [-0.4, -0.2) is 23.4 Å². The molecule has 114 valence electrons. The van der Waals surface area contributed by atoms with E-state index in [-0.39, 0.29) is 6.04 Å². The second kappa shape index (κ2) is 7.61. The first-order chi connectivity index (χ1) is 10.2. The first kappa shape index (κ1) is 16.0. The molecule has 0 aliphatic carbocycles. The van der Waals surface area contributed by atoms with Crippen LogP contribution in [0.15, 0.2) is 35.1 Å². The number of benzene rings is 1. The third-order valence-corrected chi connectivity index (χ3v) is 3.85. The number of hydrogen-bond donors (Lipinski definition) is 1.